The molecule has 3 rings (SSSR count). The van der Waals surface area contributed by atoms with Gasteiger partial charge in [-0.05, 0) is 29.7 Å². The van der Waals surface area contributed by atoms with Crippen LogP contribution in [-0.4, -0.2) is 12.4 Å². The van der Waals surface area contributed by atoms with Crippen LogP contribution in [0.25, 0.3) is 0 Å². The fourth-order valence-electron chi connectivity index (χ4n) is 2.55. The van der Waals surface area contributed by atoms with Crippen molar-refractivity contribution in [2.45, 2.75) is 12.5 Å². The first-order valence-electron chi connectivity index (χ1n) is 6.76. The Morgan fingerprint density at radius 2 is 1.95 bits per heavy atom. The minimum Gasteiger partial charge on any atom is -0.386 e. The maximum Gasteiger partial charge on any atom is 0.122 e. The van der Waals surface area contributed by atoms with Crippen molar-refractivity contribution in [3.8, 4) is 0 Å². The Labute approximate surface area is 133 Å². The van der Waals surface area contributed by atoms with Gasteiger partial charge in [-0.1, -0.05) is 53.5 Å². The Hall–Kier alpha value is -1.55. The van der Waals surface area contributed by atoms with Crippen molar-refractivity contribution in [3.05, 3.63) is 63.6 Å². The maximum atomic E-state index is 6.20. The molecule has 108 valence electrons. The van der Waals surface area contributed by atoms with Crippen LogP contribution in [0.5, 0.6) is 0 Å². The molecule has 1 atom stereocenters. The molecule has 0 aromatic heterocycles. The van der Waals surface area contributed by atoms with E-state index in [-0.39, 0.29) is 6.04 Å². The highest BCUT2D eigenvalue weighted by Crippen LogP contribution is 2.32. The van der Waals surface area contributed by atoms with Crippen molar-refractivity contribution in [2.24, 2.45) is 10.7 Å². The highest BCUT2D eigenvalue weighted by atomic mass is 35.5. The van der Waals surface area contributed by atoms with Crippen LogP contribution in [0.2, 0.25) is 10.0 Å². The van der Waals surface area contributed by atoms with Gasteiger partial charge < -0.3 is 11.1 Å². The summed E-state index contributed by atoms with van der Waals surface area (Å²) in [6.45, 7) is 0.876. The Kier molecular flexibility index (Phi) is 4.15. The molecule has 1 aliphatic heterocycles. The van der Waals surface area contributed by atoms with Crippen LogP contribution in [0.15, 0.2) is 47.5 Å². The van der Waals surface area contributed by atoms with Crippen LogP contribution in [0.4, 0.5) is 5.69 Å². The second kappa shape index (κ2) is 6.06. The molecule has 1 unspecified atom stereocenters. The fourth-order valence-corrected chi connectivity index (χ4v) is 2.89. The number of aliphatic imine (C=N–C) groups is 1. The van der Waals surface area contributed by atoms with Gasteiger partial charge in [0.25, 0.3) is 0 Å². The molecule has 0 fully saturated rings. The fraction of sp³-hybridized carbons (Fsp3) is 0.188. The molecule has 1 aliphatic rings. The molecule has 0 saturated heterocycles. The highest BCUT2D eigenvalue weighted by Gasteiger charge is 2.22. The summed E-state index contributed by atoms with van der Waals surface area (Å²) in [5, 5.41) is 4.29. The molecule has 3 N–H and O–H groups in total. The second-order valence-electron chi connectivity index (χ2n) is 4.95. The van der Waals surface area contributed by atoms with Crippen LogP contribution in [-0.2, 0) is 6.42 Å². The van der Waals surface area contributed by atoms with Crippen molar-refractivity contribution in [3.63, 3.8) is 0 Å². The molecule has 0 spiro atoms. The van der Waals surface area contributed by atoms with E-state index in [4.69, 9.17) is 28.9 Å². The van der Waals surface area contributed by atoms with Gasteiger partial charge >= 0.3 is 0 Å². The predicted molar refractivity (Wildman–Crippen MR) is 88.6 cm³/mol. The van der Waals surface area contributed by atoms with Gasteiger partial charge in [0.15, 0.2) is 0 Å². The third-order valence-electron chi connectivity index (χ3n) is 3.59. The van der Waals surface area contributed by atoms with Crippen molar-refractivity contribution in [1.82, 2.24) is 5.32 Å². The third kappa shape index (κ3) is 2.91. The maximum absolute atomic E-state index is 6.20. The van der Waals surface area contributed by atoms with Crippen molar-refractivity contribution in [2.75, 3.05) is 6.54 Å². The molecular formula is C16H15Cl2N3. The first-order valence-corrected chi connectivity index (χ1v) is 7.51. The number of amidine groups is 1. The van der Waals surface area contributed by atoms with Crippen molar-refractivity contribution < 1.29 is 0 Å². The average Bonchev–Trinajstić information content (AvgIpc) is 2.51. The number of halogens is 2. The summed E-state index contributed by atoms with van der Waals surface area (Å²) < 4.78 is 0. The van der Waals surface area contributed by atoms with Gasteiger partial charge in [0.05, 0.1) is 21.8 Å². The molecule has 0 bridgehead atoms. The van der Waals surface area contributed by atoms with E-state index >= 15 is 0 Å². The predicted octanol–water partition coefficient (Wildman–Crippen LogP) is 3.87. The van der Waals surface area contributed by atoms with Crippen molar-refractivity contribution >= 4 is 34.7 Å². The Balaban J connectivity index is 1.98. The topological polar surface area (TPSA) is 50.4 Å². The van der Waals surface area contributed by atoms with Crippen LogP contribution in [0.3, 0.4) is 0 Å². The normalized spacial score (nSPS) is 18.4. The molecule has 1 heterocycles. The summed E-state index contributed by atoms with van der Waals surface area (Å²) in [5.74, 6) is 0.492. The van der Waals surface area contributed by atoms with E-state index in [0.717, 1.165) is 13.0 Å². The molecule has 0 radical (unpaired) electrons. The number of benzene rings is 2. The molecule has 0 aliphatic carbocycles. The van der Waals surface area contributed by atoms with Gasteiger partial charge in [0.1, 0.15) is 5.84 Å². The highest BCUT2D eigenvalue weighted by molar-refractivity contribution is 6.43. The molecule has 2 aromatic rings. The largest absolute Gasteiger partial charge is 0.386 e. The van der Waals surface area contributed by atoms with Gasteiger partial charge in [0.2, 0.25) is 0 Å². The van der Waals surface area contributed by atoms with Gasteiger partial charge in [-0.15, -0.1) is 0 Å². The summed E-state index contributed by atoms with van der Waals surface area (Å²) >= 11 is 12.2. The Bertz CT molecular complexity index is 698. The summed E-state index contributed by atoms with van der Waals surface area (Å²) in [5.41, 5.74) is 9.26. The zero-order chi connectivity index (χ0) is 14.8. The van der Waals surface area contributed by atoms with E-state index in [0.29, 0.717) is 21.6 Å². The lowest BCUT2D eigenvalue weighted by molar-refractivity contribution is 0.601. The van der Waals surface area contributed by atoms with Gasteiger partial charge in [-0.25, -0.2) is 4.99 Å². The number of nitrogens with two attached hydrogens (primary N) is 1. The van der Waals surface area contributed by atoms with E-state index in [1.165, 1.54) is 11.1 Å². The van der Waals surface area contributed by atoms with Crippen LogP contribution < -0.4 is 11.1 Å². The molecule has 2 aromatic carbocycles. The number of hydrogen-bond acceptors (Lipinski definition) is 2. The molecule has 21 heavy (non-hydrogen) atoms. The number of hydrogen-bond donors (Lipinski definition) is 2. The number of nitrogens with zero attached hydrogens (tertiary/aromatic N) is 1. The lowest BCUT2D eigenvalue weighted by atomic mass is 9.94. The standard InChI is InChI=1S/C16H15Cl2N3/c17-12-6-3-7-13(14(12)18)21-16(19)15-11-5-2-1-4-10(11)8-9-20-15/h1-7,15,20H,8-9H2,(H2,19,21). The third-order valence-corrected chi connectivity index (χ3v) is 4.39. The summed E-state index contributed by atoms with van der Waals surface area (Å²) in [6, 6.07) is 13.5. The van der Waals surface area contributed by atoms with Crippen LogP contribution >= 0.6 is 23.2 Å². The Morgan fingerprint density at radius 1 is 1.14 bits per heavy atom. The van der Waals surface area contributed by atoms with Gasteiger partial charge in [0, 0.05) is 6.54 Å². The SMILES string of the molecule is NC(=Nc1cccc(Cl)c1Cl)C1NCCc2ccccc21. The first-order chi connectivity index (χ1) is 10.2. The molecule has 3 nitrogen and oxygen atoms in total. The number of rotatable bonds is 2. The van der Waals surface area contributed by atoms with E-state index < -0.39 is 0 Å². The summed E-state index contributed by atoms with van der Waals surface area (Å²) in [7, 11) is 0. The molecular weight excluding hydrogens is 305 g/mol. The molecule has 0 amide bonds. The quantitative estimate of drug-likeness (QED) is 0.652. The van der Waals surface area contributed by atoms with E-state index in [1.54, 1.807) is 12.1 Å². The average molecular weight is 320 g/mol. The Morgan fingerprint density at radius 3 is 2.81 bits per heavy atom. The van der Waals surface area contributed by atoms with E-state index in [1.807, 2.05) is 18.2 Å². The summed E-state index contributed by atoms with van der Waals surface area (Å²) in [4.78, 5) is 4.46. The number of fused-ring (bicyclic) bond motifs is 1. The smallest absolute Gasteiger partial charge is 0.122 e. The van der Waals surface area contributed by atoms with Gasteiger partial charge in [-0.3, -0.25) is 0 Å². The van der Waals surface area contributed by atoms with Crippen LogP contribution in [0.1, 0.15) is 17.2 Å². The monoisotopic (exact) mass is 319 g/mol. The lowest BCUT2D eigenvalue weighted by Crippen LogP contribution is -2.38. The van der Waals surface area contributed by atoms with E-state index in [9.17, 15) is 0 Å². The minimum absolute atomic E-state index is 0.0926. The zero-order valence-corrected chi connectivity index (χ0v) is 12.8. The zero-order valence-electron chi connectivity index (χ0n) is 11.3. The van der Waals surface area contributed by atoms with Gasteiger partial charge in [-0.2, -0.15) is 0 Å². The number of nitrogens with one attached hydrogen (secondary N) is 1. The molecule has 0 saturated carbocycles. The molecule has 5 heteroatoms. The van der Waals surface area contributed by atoms with Crippen LogP contribution in [0, 0.1) is 0 Å². The lowest BCUT2D eigenvalue weighted by Gasteiger charge is -2.26. The first kappa shape index (κ1) is 14.4. The van der Waals surface area contributed by atoms with Crippen molar-refractivity contribution in [1.29, 1.82) is 0 Å². The summed E-state index contributed by atoms with van der Waals surface area (Å²) in [6.07, 6.45) is 0.998. The second-order valence-corrected chi connectivity index (χ2v) is 5.73. The van der Waals surface area contributed by atoms with E-state index in [2.05, 4.69) is 22.4 Å². The minimum atomic E-state index is -0.0926.